The van der Waals surface area contributed by atoms with Gasteiger partial charge in [0.25, 0.3) is 0 Å². The van der Waals surface area contributed by atoms with Crippen LogP contribution in [0.2, 0.25) is 5.82 Å². The van der Waals surface area contributed by atoms with Crippen molar-refractivity contribution in [2.45, 2.75) is 31.4 Å². The van der Waals surface area contributed by atoms with E-state index in [9.17, 15) is 0 Å². The minimum Gasteiger partial charge on any atom is -0.0693 e. The van der Waals surface area contributed by atoms with E-state index >= 15 is 0 Å². The molecule has 0 aliphatic carbocycles. The van der Waals surface area contributed by atoms with Gasteiger partial charge in [0.1, 0.15) is 7.28 Å². The number of hydrogen-bond donors (Lipinski definition) is 0. The summed E-state index contributed by atoms with van der Waals surface area (Å²) in [6.45, 7) is 2.36. The summed E-state index contributed by atoms with van der Waals surface area (Å²) in [5, 5.41) is 0. The van der Waals surface area contributed by atoms with Crippen LogP contribution in [0.5, 0.6) is 0 Å². The molecule has 1 fully saturated rings. The zero-order valence-corrected chi connectivity index (χ0v) is 7.66. The van der Waals surface area contributed by atoms with Gasteiger partial charge >= 0.3 is 0 Å². The first-order valence-corrected chi connectivity index (χ1v) is 4.91. The van der Waals surface area contributed by atoms with Crippen LogP contribution >= 0.6 is 0 Å². The Morgan fingerprint density at radius 3 is 2.50 bits per heavy atom. The predicted molar refractivity (Wildman–Crippen MR) is 55.0 cm³/mol. The minimum atomic E-state index is 0.848. The molecule has 0 bridgehead atoms. The smallest absolute Gasteiger partial charge is 0.0693 e. The van der Waals surface area contributed by atoms with Crippen molar-refractivity contribution in [1.82, 2.24) is 0 Å². The van der Waals surface area contributed by atoms with Crippen LogP contribution in [0.25, 0.3) is 0 Å². The van der Waals surface area contributed by atoms with E-state index in [0.29, 0.717) is 0 Å². The van der Waals surface area contributed by atoms with E-state index in [0.717, 1.165) is 11.6 Å². The lowest BCUT2D eigenvalue weighted by atomic mass is 9.59. The summed E-state index contributed by atoms with van der Waals surface area (Å²) < 4.78 is 0. The fourth-order valence-electron chi connectivity index (χ4n) is 2.24. The fraction of sp³-hybridized carbons (Fsp3) is 0.455. The van der Waals surface area contributed by atoms with Gasteiger partial charge in [-0.25, -0.2) is 0 Å². The largest absolute Gasteiger partial charge is 0.132 e. The van der Waals surface area contributed by atoms with Gasteiger partial charge in [-0.2, -0.15) is 0 Å². The second kappa shape index (κ2) is 3.34. The van der Waals surface area contributed by atoms with Crippen LogP contribution in [0.15, 0.2) is 30.3 Å². The third kappa shape index (κ3) is 1.55. The SMILES string of the molecule is CC1BC(c2ccccc2)CC1. The molecule has 62 valence electrons. The van der Waals surface area contributed by atoms with E-state index in [2.05, 4.69) is 37.3 Å². The van der Waals surface area contributed by atoms with E-state index in [1.807, 2.05) is 0 Å². The lowest BCUT2D eigenvalue weighted by Crippen LogP contribution is -2.01. The van der Waals surface area contributed by atoms with Gasteiger partial charge in [0.05, 0.1) is 0 Å². The Hall–Kier alpha value is -0.715. The standard InChI is InChI=1S/C11H15B/c1-9-7-8-11(12-9)10-5-3-2-4-6-10/h2-6,9,11-12H,7-8H2,1H3. The Morgan fingerprint density at radius 1 is 1.17 bits per heavy atom. The molecular formula is C11H15B. The lowest BCUT2D eigenvalue weighted by molar-refractivity contribution is 0.765. The van der Waals surface area contributed by atoms with Gasteiger partial charge in [-0.1, -0.05) is 61.5 Å². The molecule has 0 spiro atoms. The summed E-state index contributed by atoms with van der Waals surface area (Å²) in [6.07, 6.45) is 2.81. The molecule has 1 heterocycles. The van der Waals surface area contributed by atoms with E-state index < -0.39 is 0 Å². The van der Waals surface area contributed by atoms with E-state index in [4.69, 9.17) is 0 Å². The van der Waals surface area contributed by atoms with Crippen LogP contribution in [0.1, 0.15) is 31.1 Å². The summed E-state index contributed by atoms with van der Waals surface area (Å²) in [5.41, 5.74) is 1.54. The van der Waals surface area contributed by atoms with Crippen LogP contribution in [0.4, 0.5) is 0 Å². The van der Waals surface area contributed by atoms with Crippen LogP contribution < -0.4 is 0 Å². The summed E-state index contributed by atoms with van der Waals surface area (Å²) >= 11 is 0. The molecular weight excluding hydrogens is 143 g/mol. The topological polar surface area (TPSA) is 0 Å². The van der Waals surface area contributed by atoms with Gasteiger partial charge in [-0.15, -0.1) is 0 Å². The summed E-state index contributed by atoms with van der Waals surface area (Å²) in [4.78, 5) is 0. The van der Waals surface area contributed by atoms with Gasteiger partial charge in [0.15, 0.2) is 0 Å². The Bertz CT molecular complexity index is 242. The zero-order valence-electron chi connectivity index (χ0n) is 7.66. The first-order valence-electron chi connectivity index (χ1n) is 4.91. The molecule has 0 N–H and O–H groups in total. The van der Waals surface area contributed by atoms with Crippen LogP contribution in [0, 0.1) is 0 Å². The second-order valence-corrected chi connectivity index (χ2v) is 4.03. The minimum absolute atomic E-state index is 0.848. The van der Waals surface area contributed by atoms with E-state index in [1.54, 1.807) is 5.56 Å². The molecule has 1 aliphatic heterocycles. The van der Waals surface area contributed by atoms with Crippen molar-refractivity contribution in [1.29, 1.82) is 0 Å². The molecule has 0 amide bonds. The Balaban J connectivity index is 2.11. The van der Waals surface area contributed by atoms with Crippen molar-refractivity contribution in [3.05, 3.63) is 35.9 Å². The van der Waals surface area contributed by atoms with Gasteiger partial charge in [0.2, 0.25) is 0 Å². The van der Waals surface area contributed by atoms with Gasteiger partial charge in [-0.05, 0) is 5.82 Å². The number of benzene rings is 1. The molecule has 2 rings (SSSR count). The third-order valence-electron chi connectivity index (χ3n) is 2.97. The average Bonchev–Trinajstić information content (AvgIpc) is 2.54. The number of hydrogen-bond acceptors (Lipinski definition) is 0. The van der Waals surface area contributed by atoms with Crippen molar-refractivity contribution in [2.24, 2.45) is 0 Å². The van der Waals surface area contributed by atoms with Crippen molar-refractivity contribution in [3.8, 4) is 0 Å². The summed E-state index contributed by atoms with van der Waals surface area (Å²) in [7, 11) is 1.39. The first-order chi connectivity index (χ1) is 5.86. The molecule has 12 heavy (non-hydrogen) atoms. The molecule has 1 aromatic carbocycles. The quantitative estimate of drug-likeness (QED) is 0.551. The molecule has 2 atom stereocenters. The second-order valence-electron chi connectivity index (χ2n) is 4.03. The number of rotatable bonds is 1. The van der Waals surface area contributed by atoms with Crippen LogP contribution in [-0.4, -0.2) is 7.28 Å². The molecule has 1 heteroatoms. The van der Waals surface area contributed by atoms with Crippen molar-refractivity contribution >= 4 is 7.28 Å². The molecule has 0 nitrogen and oxygen atoms in total. The van der Waals surface area contributed by atoms with E-state index in [-0.39, 0.29) is 0 Å². The monoisotopic (exact) mass is 158 g/mol. The summed E-state index contributed by atoms with van der Waals surface area (Å²) in [5.74, 6) is 1.79. The average molecular weight is 158 g/mol. The third-order valence-corrected chi connectivity index (χ3v) is 2.97. The first kappa shape index (κ1) is 7.91. The zero-order chi connectivity index (χ0) is 8.39. The molecule has 0 radical (unpaired) electrons. The maximum atomic E-state index is 2.36. The molecule has 1 aliphatic rings. The highest BCUT2D eigenvalue weighted by Gasteiger charge is 2.23. The van der Waals surface area contributed by atoms with E-state index in [1.165, 1.54) is 20.1 Å². The van der Waals surface area contributed by atoms with Crippen molar-refractivity contribution in [2.75, 3.05) is 0 Å². The highest BCUT2D eigenvalue weighted by Crippen LogP contribution is 2.34. The highest BCUT2D eigenvalue weighted by molar-refractivity contribution is 6.40. The summed E-state index contributed by atoms with van der Waals surface area (Å²) in [6, 6.07) is 10.9. The Labute approximate surface area is 75.2 Å². The lowest BCUT2D eigenvalue weighted by Gasteiger charge is -2.07. The van der Waals surface area contributed by atoms with Crippen LogP contribution in [0.3, 0.4) is 0 Å². The fourth-order valence-corrected chi connectivity index (χ4v) is 2.24. The molecule has 1 aromatic rings. The van der Waals surface area contributed by atoms with Gasteiger partial charge in [0, 0.05) is 0 Å². The predicted octanol–water partition coefficient (Wildman–Crippen LogP) is 2.77. The molecule has 1 saturated heterocycles. The Morgan fingerprint density at radius 2 is 1.92 bits per heavy atom. The Kier molecular flexibility index (Phi) is 2.20. The van der Waals surface area contributed by atoms with Crippen LogP contribution in [-0.2, 0) is 0 Å². The van der Waals surface area contributed by atoms with Crippen molar-refractivity contribution < 1.29 is 0 Å². The van der Waals surface area contributed by atoms with Crippen molar-refractivity contribution in [3.63, 3.8) is 0 Å². The molecule has 0 saturated carbocycles. The molecule has 2 unspecified atom stereocenters. The maximum Gasteiger partial charge on any atom is 0.132 e. The maximum absolute atomic E-state index is 2.36. The normalized spacial score (nSPS) is 28.4. The molecule has 0 aromatic heterocycles. The highest BCUT2D eigenvalue weighted by atomic mass is 14.1. The van der Waals surface area contributed by atoms with Gasteiger partial charge in [-0.3, -0.25) is 0 Å². The van der Waals surface area contributed by atoms with Gasteiger partial charge < -0.3 is 0 Å².